The summed E-state index contributed by atoms with van der Waals surface area (Å²) in [6.07, 6.45) is 20.2. The summed E-state index contributed by atoms with van der Waals surface area (Å²) >= 11 is 5.53. The van der Waals surface area contributed by atoms with Crippen molar-refractivity contribution in [3.05, 3.63) is 71.8 Å². The SMILES string of the molecule is CCCCCCCCCCCCCCCC[N+](C)(CC)Cc1ccccc1.ClCc1ccccc1.[Cl-]. The largest absolute Gasteiger partial charge is 1.00 e. The molecule has 0 aliphatic carbocycles. The highest BCUT2D eigenvalue weighted by molar-refractivity contribution is 6.17. The van der Waals surface area contributed by atoms with Gasteiger partial charge in [0.1, 0.15) is 6.54 Å². The maximum atomic E-state index is 5.53. The summed E-state index contributed by atoms with van der Waals surface area (Å²) in [6.45, 7) is 8.37. The quantitative estimate of drug-likeness (QED) is 0.0987. The van der Waals surface area contributed by atoms with E-state index in [1.807, 2.05) is 30.3 Å². The molecule has 0 N–H and O–H groups in total. The predicted molar refractivity (Wildman–Crippen MR) is 158 cm³/mol. The van der Waals surface area contributed by atoms with Crippen molar-refractivity contribution in [2.24, 2.45) is 0 Å². The van der Waals surface area contributed by atoms with Gasteiger partial charge in [-0.2, -0.15) is 0 Å². The summed E-state index contributed by atoms with van der Waals surface area (Å²) in [7, 11) is 2.43. The first-order valence-corrected chi connectivity index (χ1v) is 15.1. The highest BCUT2D eigenvalue weighted by atomic mass is 35.5. The van der Waals surface area contributed by atoms with E-state index in [0.717, 1.165) is 0 Å². The molecule has 206 valence electrons. The molecule has 3 heteroatoms. The van der Waals surface area contributed by atoms with Gasteiger partial charge in [-0.05, 0) is 25.3 Å². The van der Waals surface area contributed by atoms with Crippen LogP contribution >= 0.6 is 11.6 Å². The molecular weight excluding hydrogens is 481 g/mol. The number of alkyl halides is 1. The monoisotopic (exact) mass is 535 g/mol. The van der Waals surface area contributed by atoms with Crippen molar-refractivity contribution in [2.45, 2.75) is 116 Å². The summed E-state index contributed by atoms with van der Waals surface area (Å²) in [4.78, 5) is 0. The fourth-order valence-corrected chi connectivity index (χ4v) is 4.81. The number of unbranched alkanes of at least 4 members (excludes halogenated alkanes) is 13. The van der Waals surface area contributed by atoms with Gasteiger partial charge in [-0.15, -0.1) is 11.6 Å². The van der Waals surface area contributed by atoms with E-state index < -0.39 is 0 Å². The van der Waals surface area contributed by atoms with E-state index >= 15 is 0 Å². The summed E-state index contributed by atoms with van der Waals surface area (Å²) in [5.41, 5.74) is 2.65. The fourth-order valence-electron chi connectivity index (χ4n) is 4.63. The molecule has 0 radical (unpaired) electrons. The lowest BCUT2D eigenvalue weighted by molar-refractivity contribution is -0.921. The van der Waals surface area contributed by atoms with Crippen molar-refractivity contribution < 1.29 is 16.9 Å². The number of benzene rings is 2. The van der Waals surface area contributed by atoms with Gasteiger partial charge in [-0.1, -0.05) is 145 Å². The molecule has 0 fully saturated rings. The topological polar surface area (TPSA) is 0 Å². The van der Waals surface area contributed by atoms with Crippen LogP contribution in [0, 0.1) is 0 Å². The molecular formula is C33H55Cl2N. The molecule has 0 aromatic heterocycles. The van der Waals surface area contributed by atoms with Crippen LogP contribution in [0.2, 0.25) is 0 Å². The highest BCUT2D eigenvalue weighted by Gasteiger charge is 2.18. The van der Waals surface area contributed by atoms with Gasteiger partial charge < -0.3 is 16.9 Å². The minimum Gasteiger partial charge on any atom is -1.00 e. The Morgan fingerprint density at radius 1 is 0.556 bits per heavy atom. The molecule has 0 aliphatic rings. The molecule has 0 spiro atoms. The van der Waals surface area contributed by atoms with Crippen molar-refractivity contribution in [2.75, 3.05) is 20.1 Å². The zero-order chi connectivity index (χ0) is 25.5. The third-order valence-corrected chi connectivity index (χ3v) is 7.53. The smallest absolute Gasteiger partial charge is 0.104 e. The van der Waals surface area contributed by atoms with Gasteiger partial charge in [-0.25, -0.2) is 0 Å². The Hall–Kier alpha value is -1.02. The molecule has 0 amide bonds. The Labute approximate surface area is 236 Å². The van der Waals surface area contributed by atoms with Crippen LogP contribution in [0.1, 0.15) is 115 Å². The van der Waals surface area contributed by atoms with Crippen molar-refractivity contribution in [1.82, 2.24) is 0 Å². The fraction of sp³-hybridized carbons (Fsp3) is 0.636. The number of hydrogen-bond acceptors (Lipinski definition) is 0. The summed E-state index contributed by atoms with van der Waals surface area (Å²) in [5, 5.41) is 0. The van der Waals surface area contributed by atoms with E-state index in [1.165, 1.54) is 125 Å². The molecule has 2 aromatic carbocycles. The molecule has 1 nitrogen and oxygen atoms in total. The number of quaternary nitrogens is 1. The summed E-state index contributed by atoms with van der Waals surface area (Å²) in [5.74, 6) is 0.612. The second kappa shape index (κ2) is 24.3. The van der Waals surface area contributed by atoms with Crippen LogP contribution in [0.5, 0.6) is 0 Å². The van der Waals surface area contributed by atoms with Crippen LogP contribution in [-0.4, -0.2) is 24.6 Å². The lowest BCUT2D eigenvalue weighted by Gasteiger charge is -2.33. The van der Waals surface area contributed by atoms with Gasteiger partial charge in [0.05, 0.1) is 20.1 Å². The molecule has 0 saturated heterocycles. The van der Waals surface area contributed by atoms with Crippen LogP contribution in [0.3, 0.4) is 0 Å². The Morgan fingerprint density at radius 2 is 0.944 bits per heavy atom. The van der Waals surface area contributed by atoms with Crippen LogP contribution < -0.4 is 12.4 Å². The molecule has 1 atom stereocenters. The standard InChI is InChI=1S/C26H48N.C7H7Cl.ClH/c1-4-6-7-8-9-10-11-12-13-14-15-16-17-21-24-27(3,5-2)25-26-22-19-18-20-23-26;8-6-7-4-2-1-3-5-7;/h18-20,22-23H,4-17,21,24-25H2,1-3H3;1-5H,6H2;1H/q+1;;/p-1. The van der Waals surface area contributed by atoms with Gasteiger partial charge >= 0.3 is 0 Å². The van der Waals surface area contributed by atoms with E-state index in [0.29, 0.717) is 5.88 Å². The molecule has 1 unspecified atom stereocenters. The van der Waals surface area contributed by atoms with E-state index in [9.17, 15) is 0 Å². The Kier molecular flexibility index (Phi) is 23.6. The van der Waals surface area contributed by atoms with Crippen molar-refractivity contribution in [3.63, 3.8) is 0 Å². The number of hydrogen-bond donors (Lipinski definition) is 0. The lowest BCUT2D eigenvalue weighted by atomic mass is 10.0. The van der Waals surface area contributed by atoms with E-state index in [1.54, 1.807) is 0 Å². The van der Waals surface area contributed by atoms with Gasteiger partial charge in [-0.3, -0.25) is 0 Å². The molecule has 2 aromatic rings. The minimum atomic E-state index is 0. The molecule has 0 aliphatic heterocycles. The zero-order valence-corrected chi connectivity index (χ0v) is 25.2. The zero-order valence-electron chi connectivity index (χ0n) is 23.7. The van der Waals surface area contributed by atoms with Gasteiger partial charge in [0, 0.05) is 11.4 Å². The average Bonchev–Trinajstić information content (AvgIpc) is 2.90. The van der Waals surface area contributed by atoms with Crippen molar-refractivity contribution in [3.8, 4) is 0 Å². The first-order chi connectivity index (χ1) is 17.1. The molecule has 2 rings (SSSR count). The second-order valence-electron chi connectivity index (χ2n) is 10.5. The van der Waals surface area contributed by atoms with Crippen LogP contribution in [0.25, 0.3) is 0 Å². The Morgan fingerprint density at radius 3 is 1.31 bits per heavy atom. The third-order valence-electron chi connectivity index (χ3n) is 7.22. The Balaban J connectivity index is 0.00000115. The van der Waals surface area contributed by atoms with Crippen LogP contribution in [0.4, 0.5) is 0 Å². The molecule has 0 heterocycles. The normalized spacial score (nSPS) is 12.2. The molecule has 36 heavy (non-hydrogen) atoms. The maximum Gasteiger partial charge on any atom is 0.104 e. The van der Waals surface area contributed by atoms with Gasteiger partial charge in [0.2, 0.25) is 0 Å². The van der Waals surface area contributed by atoms with Crippen molar-refractivity contribution >= 4 is 11.6 Å². The highest BCUT2D eigenvalue weighted by Crippen LogP contribution is 2.16. The molecule has 0 bridgehead atoms. The maximum absolute atomic E-state index is 5.53. The van der Waals surface area contributed by atoms with E-state index in [2.05, 4.69) is 51.2 Å². The average molecular weight is 537 g/mol. The Bertz CT molecular complexity index is 691. The minimum absolute atomic E-state index is 0. The second-order valence-corrected chi connectivity index (χ2v) is 10.8. The number of rotatable bonds is 19. The first kappa shape index (κ1) is 35.0. The van der Waals surface area contributed by atoms with Gasteiger partial charge in [0.25, 0.3) is 0 Å². The predicted octanol–water partition coefficient (Wildman–Crippen LogP) is 7.56. The molecule has 0 saturated carbocycles. The van der Waals surface area contributed by atoms with E-state index in [-0.39, 0.29) is 12.4 Å². The number of halogens is 2. The summed E-state index contributed by atoms with van der Waals surface area (Å²) < 4.78 is 1.18. The third kappa shape index (κ3) is 19.1. The van der Waals surface area contributed by atoms with Crippen LogP contribution in [0.15, 0.2) is 60.7 Å². The first-order valence-electron chi connectivity index (χ1n) is 14.6. The van der Waals surface area contributed by atoms with Gasteiger partial charge in [0.15, 0.2) is 0 Å². The lowest BCUT2D eigenvalue weighted by Crippen LogP contribution is -3.00. The number of nitrogens with zero attached hydrogens (tertiary/aromatic N) is 1. The van der Waals surface area contributed by atoms with E-state index in [4.69, 9.17) is 11.6 Å². The van der Waals surface area contributed by atoms with Crippen molar-refractivity contribution in [1.29, 1.82) is 0 Å². The van der Waals surface area contributed by atoms with Crippen LogP contribution in [-0.2, 0) is 12.4 Å². The summed E-state index contributed by atoms with van der Waals surface area (Å²) in [6, 6.07) is 21.0.